The third kappa shape index (κ3) is 4.67. The van der Waals surface area contributed by atoms with E-state index in [1.807, 2.05) is 31.2 Å². The van der Waals surface area contributed by atoms with Crippen molar-refractivity contribution >= 4 is 35.3 Å². The molecule has 3 rings (SSSR count). The molecule has 3 aromatic rings. The molecule has 0 radical (unpaired) electrons. The molecule has 1 heterocycles. The predicted molar refractivity (Wildman–Crippen MR) is 111 cm³/mol. The number of nitriles is 2. The Morgan fingerprint density at radius 3 is 1.96 bits per heavy atom. The van der Waals surface area contributed by atoms with Crippen molar-refractivity contribution in [3.8, 4) is 12.1 Å². The van der Waals surface area contributed by atoms with Crippen LogP contribution in [0, 0.1) is 29.6 Å². The van der Waals surface area contributed by atoms with Gasteiger partial charge in [-0.25, -0.2) is 4.98 Å². The molecule has 0 fully saturated rings. The molecule has 4 nitrogen and oxygen atoms in total. The summed E-state index contributed by atoms with van der Waals surface area (Å²) in [6.45, 7) is 1.82. The zero-order chi connectivity index (χ0) is 19.9. The van der Waals surface area contributed by atoms with Gasteiger partial charge in [0.2, 0.25) is 0 Å². The van der Waals surface area contributed by atoms with Gasteiger partial charge >= 0.3 is 0 Å². The Labute approximate surface area is 167 Å². The molecule has 0 amide bonds. The fraction of sp³-hybridized carbons (Fsp3) is 0.0435. The maximum atomic E-state index is 12.5. The van der Waals surface area contributed by atoms with Crippen LogP contribution in [0.15, 0.2) is 54.6 Å². The summed E-state index contributed by atoms with van der Waals surface area (Å²) in [7, 11) is 0. The van der Waals surface area contributed by atoms with Gasteiger partial charge < -0.3 is 0 Å². The Balaban J connectivity index is 1.72. The number of ketones is 1. The summed E-state index contributed by atoms with van der Waals surface area (Å²) in [4.78, 5) is 17.5. The van der Waals surface area contributed by atoms with Crippen molar-refractivity contribution < 1.29 is 4.79 Å². The van der Waals surface area contributed by atoms with Crippen LogP contribution in [-0.4, -0.2) is 10.8 Å². The first kappa shape index (κ1) is 19.0. The summed E-state index contributed by atoms with van der Waals surface area (Å²) in [6, 6.07) is 18.4. The van der Waals surface area contributed by atoms with Crippen molar-refractivity contribution in [1.29, 1.82) is 10.5 Å². The number of benzene rings is 2. The zero-order valence-corrected chi connectivity index (χ0v) is 15.9. The van der Waals surface area contributed by atoms with Crippen LogP contribution in [0.25, 0.3) is 18.2 Å². The number of allylic oxidation sites excluding steroid dienone is 1. The molecule has 0 atom stereocenters. The molecule has 0 bridgehead atoms. The molecule has 1 aromatic heterocycles. The summed E-state index contributed by atoms with van der Waals surface area (Å²) >= 11 is 1.34. The summed E-state index contributed by atoms with van der Waals surface area (Å²) in [5.74, 6) is -0.0996. The lowest BCUT2D eigenvalue weighted by Gasteiger charge is -1.94. The third-order valence-electron chi connectivity index (χ3n) is 3.96. The molecular weight excluding hydrogens is 366 g/mol. The van der Waals surface area contributed by atoms with Crippen LogP contribution in [0.2, 0.25) is 0 Å². The highest BCUT2D eigenvalue weighted by molar-refractivity contribution is 7.14. The monoisotopic (exact) mass is 381 g/mol. The third-order valence-corrected chi connectivity index (χ3v) is 5.10. The van der Waals surface area contributed by atoms with Crippen LogP contribution < -0.4 is 0 Å². The molecular formula is C23H15N3OS. The summed E-state index contributed by atoms with van der Waals surface area (Å²) in [5.41, 5.74) is 3.71. The second kappa shape index (κ2) is 8.73. The Kier molecular flexibility index (Phi) is 5.91. The number of aryl methyl sites for hydroxylation is 1. The number of thiazole rings is 1. The van der Waals surface area contributed by atoms with Gasteiger partial charge in [0.05, 0.1) is 33.8 Å². The molecule has 5 heteroatoms. The minimum absolute atomic E-state index is 0.0996. The Bertz CT molecular complexity index is 1140. The van der Waals surface area contributed by atoms with E-state index in [1.54, 1.807) is 42.5 Å². The number of carbonyl (C=O) groups excluding carboxylic acids is 1. The van der Waals surface area contributed by atoms with Gasteiger partial charge in [0, 0.05) is 0 Å². The van der Waals surface area contributed by atoms with Gasteiger partial charge in [-0.15, -0.1) is 11.3 Å². The predicted octanol–water partition coefficient (Wildman–Crippen LogP) is 5.26. The highest BCUT2D eigenvalue weighted by Crippen LogP contribution is 2.22. The second-order valence-electron chi connectivity index (χ2n) is 5.97. The molecule has 2 aromatic carbocycles. The molecule has 134 valence electrons. The van der Waals surface area contributed by atoms with Crippen molar-refractivity contribution in [3.63, 3.8) is 0 Å². The van der Waals surface area contributed by atoms with Crippen LogP contribution in [0.4, 0.5) is 0 Å². The number of rotatable bonds is 5. The average Bonchev–Trinajstić information content (AvgIpc) is 3.12. The van der Waals surface area contributed by atoms with E-state index in [-0.39, 0.29) is 5.78 Å². The average molecular weight is 381 g/mol. The molecule has 0 aliphatic carbocycles. The van der Waals surface area contributed by atoms with E-state index in [9.17, 15) is 4.79 Å². The first-order valence-electron chi connectivity index (χ1n) is 8.47. The van der Waals surface area contributed by atoms with E-state index in [0.29, 0.717) is 21.7 Å². The van der Waals surface area contributed by atoms with Crippen LogP contribution >= 0.6 is 11.3 Å². The SMILES string of the molecule is Cc1nc(/C=C\c2ccc(C#N)cc2)sc1C(=O)/C=C\c1ccc(C#N)cc1. The molecule has 0 unspecified atom stereocenters. The van der Waals surface area contributed by atoms with Gasteiger partial charge in [0.25, 0.3) is 0 Å². The molecule has 0 aliphatic heterocycles. The highest BCUT2D eigenvalue weighted by Gasteiger charge is 2.11. The largest absolute Gasteiger partial charge is 0.288 e. The zero-order valence-electron chi connectivity index (χ0n) is 15.1. The van der Waals surface area contributed by atoms with E-state index in [4.69, 9.17) is 10.5 Å². The molecule has 0 N–H and O–H groups in total. The maximum absolute atomic E-state index is 12.5. The summed E-state index contributed by atoms with van der Waals surface area (Å²) in [5, 5.41) is 18.4. The van der Waals surface area contributed by atoms with E-state index >= 15 is 0 Å². The number of nitrogens with zero attached hydrogens (tertiary/aromatic N) is 3. The van der Waals surface area contributed by atoms with E-state index < -0.39 is 0 Å². The van der Waals surface area contributed by atoms with E-state index in [1.165, 1.54) is 17.4 Å². The van der Waals surface area contributed by atoms with Gasteiger partial charge in [-0.1, -0.05) is 36.4 Å². The van der Waals surface area contributed by atoms with Crippen molar-refractivity contribution in [2.45, 2.75) is 6.92 Å². The number of aromatic nitrogens is 1. The lowest BCUT2D eigenvalue weighted by Crippen LogP contribution is -1.93. The second-order valence-corrected chi connectivity index (χ2v) is 7.00. The highest BCUT2D eigenvalue weighted by atomic mass is 32.1. The standard InChI is InChI=1S/C23H15N3OS/c1-16-23(21(27)12-10-17-2-6-19(14-24)7-3-17)28-22(26-16)13-11-18-4-8-20(15-25)9-5-18/h2-13H,1H3/b12-10-,13-11-. The Morgan fingerprint density at radius 1 is 0.893 bits per heavy atom. The lowest BCUT2D eigenvalue weighted by molar-refractivity contribution is 0.105. The fourth-order valence-electron chi connectivity index (χ4n) is 2.47. The van der Waals surface area contributed by atoms with E-state index in [2.05, 4.69) is 17.1 Å². The van der Waals surface area contributed by atoms with Gasteiger partial charge in [-0.3, -0.25) is 4.79 Å². The Morgan fingerprint density at radius 2 is 1.43 bits per heavy atom. The van der Waals surface area contributed by atoms with E-state index in [0.717, 1.165) is 16.1 Å². The van der Waals surface area contributed by atoms with Gasteiger partial charge in [0.1, 0.15) is 5.01 Å². The topological polar surface area (TPSA) is 77.5 Å². The van der Waals surface area contributed by atoms with Crippen molar-refractivity contribution in [2.24, 2.45) is 0 Å². The first-order chi connectivity index (χ1) is 13.6. The smallest absolute Gasteiger partial charge is 0.197 e. The van der Waals surface area contributed by atoms with Crippen LogP contribution in [0.1, 0.15) is 42.6 Å². The van der Waals surface area contributed by atoms with Crippen LogP contribution in [-0.2, 0) is 0 Å². The van der Waals surface area contributed by atoms with Crippen LogP contribution in [0.3, 0.4) is 0 Å². The molecule has 0 saturated heterocycles. The van der Waals surface area contributed by atoms with Crippen LogP contribution in [0.5, 0.6) is 0 Å². The molecule has 0 spiro atoms. The number of carbonyl (C=O) groups is 1. The first-order valence-corrected chi connectivity index (χ1v) is 9.29. The summed E-state index contributed by atoms with van der Waals surface area (Å²) < 4.78 is 0. The molecule has 0 saturated carbocycles. The quantitative estimate of drug-likeness (QED) is 0.446. The van der Waals surface area contributed by atoms with Crippen molar-refractivity contribution in [1.82, 2.24) is 4.98 Å². The molecule has 0 aliphatic rings. The maximum Gasteiger partial charge on any atom is 0.197 e. The van der Waals surface area contributed by atoms with Crippen molar-refractivity contribution in [2.75, 3.05) is 0 Å². The minimum Gasteiger partial charge on any atom is -0.288 e. The summed E-state index contributed by atoms with van der Waals surface area (Å²) in [6.07, 6.45) is 7.02. The van der Waals surface area contributed by atoms with Gasteiger partial charge in [-0.05, 0) is 54.5 Å². The van der Waals surface area contributed by atoms with Crippen molar-refractivity contribution in [3.05, 3.63) is 92.4 Å². The van der Waals surface area contributed by atoms with Gasteiger partial charge in [-0.2, -0.15) is 10.5 Å². The minimum atomic E-state index is -0.0996. The molecule has 28 heavy (non-hydrogen) atoms. The normalized spacial score (nSPS) is 10.8. The lowest BCUT2D eigenvalue weighted by atomic mass is 10.1. The van der Waals surface area contributed by atoms with Gasteiger partial charge in [0.15, 0.2) is 5.78 Å². The fourth-order valence-corrected chi connectivity index (χ4v) is 3.36. The number of hydrogen-bond acceptors (Lipinski definition) is 5. The Hall–Kier alpha value is -3.80. The number of hydrogen-bond donors (Lipinski definition) is 0.